The van der Waals surface area contributed by atoms with Crippen LogP contribution >= 0.6 is 22.7 Å². The second-order valence-corrected chi connectivity index (χ2v) is 8.00. The third-order valence-corrected chi connectivity index (χ3v) is 6.15. The van der Waals surface area contributed by atoms with Crippen molar-refractivity contribution in [1.82, 2.24) is 15.1 Å². The van der Waals surface area contributed by atoms with Crippen molar-refractivity contribution in [3.63, 3.8) is 0 Å². The summed E-state index contributed by atoms with van der Waals surface area (Å²) in [4.78, 5) is 27.5. The first-order chi connectivity index (χ1) is 13.1. The number of anilines is 1. The minimum atomic E-state index is -0.403. The summed E-state index contributed by atoms with van der Waals surface area (Å²) in [6.45, 7) is 0.665. The first kappa shape index (κ1) is 17.7. The molecule has 1 unspecified atom stereocenters. The van der Waals surface area contributed by atoms with Crippen LogP contribution in [0.25, 0.3) is 0 Å². The molecule has 0 spiro atoms. The minimum Gasteiger partial charge on any atom is -0.328 e. The molecule has 6 nitrogen and oxygen atoms in total. The Balaban J connectivity index is 1.48. The van der Waals surface area contributed by atoms with Crippen LogP contribution in [0.1, 0.15) is 43.4 Å². The molecule has 1 aliphatic rings. The molecule has 1 aromatic carbocycles. The number of aromatic nitrogens is 2. The number of carbonyl (C=O) groups is 2. The number of halogens is 1. The van der Waals surface area contributed by atoms with Crippen LogP contribution in [0.15, 0.2) is 41.8 Å². The van der Waals surface area contributed by atoms with Crippen LogP contribution in [0.2, 0.25) is 0 Å². The molecule has 1 saturated heterocycles. The van der Waals surface area contributed by atoms with E-state index in [9.17, 15) is 14.0 Å². The number of carbonyl (C=O) groups excluding carboxylic acids is 2. The van der Waals surface area contributed by atoms with Gasteiger partial charge in [0, 0.05) is 12.2 Å². The van der Waals surface area contributed by atoms with Crippen LogP contribution in [0.5, 0.6) is 0 Å². The highest BCUT2D eigenvalue weighted by molar-refractivity contribution is 7.13. The maximum Gasteiger partial charge on any atom is 0.286 e. The Bertz CT molecular complexity index is 956. The van der Waals surface area contributed by atoms with Crippen molar-refractivity contribution in [2.75, 3.05) is 11.9 Å². The van der Waals surface area contributed by atoms with Gasteiger partial charge in [0.05, 0.1) is 10.9 Å². The van der Waals surface area contributed by atoms with Crippen LogP contribution in [0.3, 0.4) is 0 Å². The van der Waals surface area contributed by atoms with Crippen LogP contribution in [-0.4, -0.2) is 33.5 Å². The van der Waals surface area contributed by atoms with E-state index in [4.69, 9.17) is 0 Å². The number of likely N-dealkylation sites (tertiary alicyclic amines) is 1. The largest absolute Gasteiger partial charge is 0.328 e. The molecule has 2 amide bonds. The fraction of sp³-hybridized carbons (Fsp3) is 0.222. The molecule has 1 N–H and O–H groups in total. The topological polar surface area (TPSA) is 75.2 Å². The molecule has 1 aliphatic heterocycles. The molecule has 9 heteroatoms. The van der Waals surface area contributed by atoms with Gasteiger partial charge in [0.25, 0.3) is 11.8 Å². The van der Waals surface area contributed by atoms with E-state index in [0.29, 0.717) is 22.1 Å². The molecule has 138 valence electrons. The fourth-order valence-corrected chi connectivity index (χ4v) is 4.55. The quantitative estimate of drug-likeness (QED) is 0.717. The molecule has 0 saturated carbocycles. The summed E-state index contributed by atoms with van der Waals surface area (Å²) in [5.74, 6) is -0.789. The smallest absolute Gasteiger partial charge is 0.286 e. The molecule has 1 atom stereocenters. The predicted octanol–water partition coefficient (Wildman–Crippen LogP) is 3.97. The standard InChI is InChI=1S/C18H15FN4O2S2/c19-11-5-7-12(8-6-11)20-15(24)17-22-21-16(27-17)13-3-1-9-23(13)18(25)14-4-2-10-26-14/h2,4-8,10,13H,1,3,9H2,(H,20,24). The lowest BCUT2D eigenvalue weighted by molar-refractivity contribution is 0.0739. The molecule has 2 aromatic heterocycles. The Kier molecular flexibility index (Phi) is 4.95. The summed E-state index contributed by atoms with van der Waals surface area (Å²) < 4.78 is 13.0. The molecule has 3 aromatic rings. The van der Waals surface area contributed by atoms with Crippen molar-refractivity contribution in [2.45, 2.75) is 18.9 Å². The minimum absolute atomic E-state index is 0.0139. The van der Waals surface area contributed by atoms with Gasteiger partial charge in [-0.2, -0.15) is 0 Å². The summed E-state index contributed by atoms with van der Waals surface area (Å²) in [7, 11) is 0. The van der Waals surface area contributed by atoms with Crippen molar-refractivity contribution in [3.05, 3.63) is 62.5 Å². The van der Waals surface area contributed by atoms with Gasteiger partial charge < -0.3 is 10.2 Å². The van der Waals surface area contributed by atoms with Gasteiger partial charge in [-0.25, -0.2) is 4.39 Å². The molecule has 4 rings (SSSR count). The highest BCUT2D eigenvalue weighted by atomic mass is 32.1. The van der Waals surface area contributed by atoms with Crippen molar-refractivity contribution in [3.8, 4) is 0 Å². The van der Waals surface area contributed by atoms with E-state index in [2.05, 4.69) is 15.5 Å². The Morgan fingerprint density at radius 2 is 2.00 bits per heavy atom. The Hall–Kier alpha value is -2.65. The first-order valence-electron chi connectivity index (χ1n) is 8.36. The number of amides is 2. The lowest BCUT2D eigenvalue weighted by atomic mass is 10.2. The van der Waals surface area contributed by atoms with Crippen molar-refractivity contribution < 1.29 is 14.0 Å². The van der Waals surface area contributed by atoms with Gasteiger partial charge in [-0.1, -0.05) is 17.4 Å². The number of hydrogen-bond donors (Lipinski definition) is 1. The molecular weight excluding hydrogens is 387 g/mol. The zero-order valence-corrected chi connectivity index (χ0v) is 15.7. The molecular formula is C18H15FN4O2S2. The predicted molar refractivity (Wildman–Crippen MR) is 102 cm³/mol. The lowest BCUT2D eigenvalue weighted by Crippen LogP contribution is -2.29. The van der Waals surface area contributed by atoms with Crippen molar-refractivity contribution in [1.29, 1.82) is 0 Å². The zero-order valence-electron chi connectivity index (χ0n) is 14.1. The van der Waals surface area contributed by atoms with Crippen LogP contribution in [0, 0.1) is 5.82 Å². The number of rotatable bonds is 4. The van der Waals surface area contributed by atoms with Gasteiger partial charge in [0.2, 0.25) is 5.01 Å². The second kappa shape index (κ2) is 7.53. The summed E-state index contributed by atoms with van der Waals surface area (Å²) >= 11 is 2.59. The SMILES string of the molecule is O=C(Nc1ccc(F)cc1)c1nnc(C2CCCN2C(=O)c2cccs2)s1. The first-order valence-corrected chi connectivity index (χ1v) is 10.1. The van der Waals surface area contributed by atoms with Gasteiger partial charge in [-0.15, -0.1) is 21.5 Å². The average molecular weight is 402 g/mol. The van der Waals surface area contributed by atoms with E-state index < -0.39 is 5.91 Å². The molecule has 0 radical (unpaired) electrons. The van der Waals surface area contributed by atoms with Crippen LogP contribution in [-0.2, 0) is 0 Å². The summed E-state index contributed by atoms with van der Waals surface area (Å²) in [5.41, 5.74) is 0.480. The van der Waals surface area contributed by atoms with Gasteiger partial charge in [0.1, 0.15) is 10.8 Å². The van der Waals surface area contributed by atoms with Crippen molar-refractivity contribution >= 4 is 40.2 Å². The van der Waals surface area contributed by atoms with Gasteiger partial charge in [-0.05, 0) is 48.6 Å². The Morgan fingerprint density at radius 3 is 2.74 bits per heavy atom. The summed E-state index contributed by atoms with van der Waals surface area (Å²) in [5, 5.41) is 13.5. The van der Waals surface area contributed by atoms with Gasteiger partial charge in [0.15, 0.2) is 0 Å². The van der Waals surface area contributed by atoms with E-state index >= 15 is 0 Å². The third kappa shape index (κ3) is 3.74. The van der Waals surface area contributed by atoms with Crippen LogP contribution in [0.4, 0.5) is 10.1 Å². The molecule has 27 heavy (non-hydrogen) atoms. The second-order valence-electron chi connectivity index (χ2n) is 6.04. The van der Waals surface area contributed by atoms with Gasteiger partial charge in [-0.3, -0.25) is 9.59 Å². The average Bonchev–Trinajstić information content (AvgIpc) is 3.42. The number of nitrogens with one attached hydrogen (secondary N) is 1. The molecule has 3 heterocycles. The molecule has 1 fully saturated rings. The Morgan fingerprint density at radius 1 is 1.19 bits per heavy atom. The van der Waals surface area contributed by atoms with Gasteiger partial charge >= 0.3 is 0 Å². The number of thiophene rings is 1. The van der Waals surface area contributed by atoms with Crippen LogP contribution < -0.4 is 5.32 Å². The number of hydrogen-bond acceptors (Lipinski definition) is 6. The Labute approximate surface area is 162 Å². The van der Waals surface area contributed by atoms with E-state index in [1.54, 1.807) is 4.90 Å². The number of benzene rings is 1. The lowest BCUT2D eigenvalue weighted by Gasteiger charge is -2.21. The summed E-state index contributed by atoms with van der Waals surface area (Å²) in [6, 6.07) is 9.00. The zero-order chi connectivity index (χ0) is 18.8. The maximum absolute atomic E-state index is 13.0. The van der Waals surface area contributed by atoms with Crippen molar-refractivity contribution in [2.24, 2.45) is 0 Å². The normalized spacial score (nSPS) is 16.5. The van der Waals surface area contributed by atoms with E-state index in [1.807, 2.05) is 17.5 Å². The number of nitrogens with zero attached hydrogens (tertiary/aromatic N) is 3. The summed E-state index contributed by atoms with van der Waals surface area (Å²) in [6.07, 6.45) is 1.68. The highest BCUT2D eigenvalue weighted by Crippen LogP contribution is 2.35. The fourth-order valence-electron chi connectivity index (χ4n) is 2.99. The third-order valence-electron chi connectivity index (χ3n) is 4.27. The maximum atomic E-state index is 13.0. The molecule has 0 aliphatic carbocycles. The van der Waals surface area contributed by atoms with E-state index in [1.165, 1.54) is 46.9 Å². The highest BCUT2D eigenvalue weighted by Gasteiger charge is 2.34. The monoisotopic (exact) mass is 402 g/mol. The molecule has 0 bridgehead atoms. The van der Waals surface area contributed by atoms with E-state index in [0.717, 1.165) is 12.8 Å². The van der Waals surface area contributed by atoms with E-state index in [-0.39, 0.29) is 22.8 Å².